The van der Waals surface area contributed by atoms with E-state index in [0.29, 0.717) is 5.75 Å². The van der Waals surface area contributed by atoms with Crippen molar-refractivity contribution in [3.63, 3.8) is 0 Å². The fraction of sp³-hybridized carbons (Fsp3) is 0.0741. The van der Waals surface area contributed by atoms with Gasteiger partial charge in [0.05, 0.1) is 23.7 Å². The summed E-state index contributed by atoms with van der Waals surface area (Å²) in [6, 6.07) is 27.4. The van der Waals surface area contributed by atoms with Gasteiger partial charge in [-0.1, -0.05) is 54.6 Å². The molecule has 0 aliphatic carbocycles. The first-order valence-corrected chi connectivity index (χ1v) is 12.2. The number of anilines is 1. The van der Waals surface area contributed by atoms with E-state index in [1.54, 1.807) is 7.11 Å². The summed E-state index contributed by atoms with van der Waals surface area (Å²) < 4.78 is 46.6. The van der Waals surface area contributed by atoms with E-state index in [-0.39, 0.29) is 22.1 Å². The quantitative estimate of drug-likeness (QED) is 0.358. The Kier molecular flexibility index (Phi) is 7.12. The van der Waals surface area contributed by atoms with Gasteiger partial charge >= 0.3 is 0 Å². The molecule has 0 aliphatic heterocycles. The number of methoxy groups -OCH3 is 1. The second-order valence-corrected chi connectivity index (χ2v) is 9.38. The fourth-order valence-electron chi connectivity index (χ4n) is 3.55. The summed E-state index contributed by atoms with van der Waals surface area (Å²) in [4.78, 5) is 13.0. The zero-order chi connectivity index (χ0) is 24.8. The number of sulfonamides is 1. The van der Waals surface area contributed by atoms with Gasteiger partial charge in [-0.15, -0.1) is 0 Å². The average Bonchev–Trinajstić information content (AvgIpc) is 2.89. The Bertz CT molecular complexity index is 1410. The minimum absolute atomic E-state index is 0.0907. The molecule has 1 unspecified atom stereocenters. The topological polar surface area (TPSA) is 84.5 Å². The van der Waals surface area contributed by atoms with Crippen LogP contribution >= 0.6 is 0 Å². The maximum absolute atomic E-state index is 13.9. The van der Waals surface area contributed by atoms with Crippen LogP contribution in [0.5, 0.6) is 5.75 Å². The molecule has 0 spiro atoms. The van der Waals surface area contributed by atoms with Gasteiger partial charge in [-0.3, -0.25) is 9.52 Å². The zero-order valence-electron chi connectivity index (χ0n) is 18.8. The number of nitrogens with one attached hydrogen (secondary N) is 2. The third-order valence-corrected chi connectivity index (χ3v) is 6.78. The van der Waals surface area contributed by atoms with Gasteiger partial charge < -0.3 is 10.1 Å². The highest BCUT2D eigenvalue weighted by Gasteiger charge is 2.20. The largest absolute Gasteiger partial charge is 0.497 e. The van der Waals surface area contributed by atoms with E-state index in [4.69, 9.17) is 4.74 Å². The van der Waals surface area contributed by atoms with Gasteiger partial charge in [0.15, 0.2) is 0 Å². The number of halogens is 1. The van der Waals surface area contributed by atoms with Crippen LogP contribution in [0.25, 0.3) is 0 Å². The number of ether oxygens (including phenoxy) is 1. The maximum Gasteiger partial charge on any atom is 0.261 e. The predicted molar refractivity (Wildman–Crippen MR) is 132 cm³/mol. The van der Waals surface area contributed by atoms with Crippen LogP contribution in [0.2, 0.25) is 0 Å². The fourth-order valence-corrected chi connectivity index (χ4v) is 4.62. The predicted octanol–water partition coefficient (Wildman–Crippen LogP) is 5.15. The molecule has 0 bridgehead atoms. The van der Waals surface area contributed by atoms with Crippen molar-refractivity contribution < 1.29 is 22.3 Å². The maximum atomic E-state index is 13.9. The Labute approximate surface area is 203 Å². The smallest absolute Gasteiger partial charge is 0.261 e. The van der Waals surface area contributed by atoms with Crippen molar-refractivity contribution >= 4 is 21.6 Å². The molecule has 4 aromatic carbocycles. The monoisotopic (exact) mass is 490 g/mol. The molecule has 0 aliphatic rings. The van der Waals surface area contributed by atoms with E-state index in [1.807, 2.05) is 54.6 Å². The first-order chi connectivity index (χ1) is 16.9. The molecule has 6 nitrogen and oxygen atoms in total. The molecule has 178 valence electrons. The first kappa shape index (κ1) is 24.0. The number of carbonyl (C=O) groups is 1. The van der Waals surface area contributed by atoms with Crippen LogP contribution in [0.4, 0.5) is 10.1 Å². The molecule has 1 amide bonds. The second-order valence-electron chi connectivity index (χ2n) is 7.70. The van der Waals surface area contributed by atoms with Gasteiger partial charge in [0.2, 0.25) is 0 Å². The number of para-hydroxylation sites is 1. The molecule has 0 radical (unpaired) electrons. The molecule has 35 heavy (non-hydrogen) atoms. The molecular formula is C27H23FN2O4S. The Morgan fingerprint density at radius 1 is 0.800 bits per heavy atom. The Balaban J connectivity index is 1.55. The van der Waals surface area contributed by atoms with Crippen LogP contribution in [-0.2, 0) is 10.0 Å². The highest BCUT2D eigenvalue weighted by Crippen LogP contribution is 2.25. The average molecular weight is 491 g/mol. The van der Waals surface area contributed by atoms with Gasteiger partial charge in [0, 0.05) is 5.56 Å². The third-order valence-electron chi connectivity index (χ3n) is 5.40. The second kappa shape index (κ2) is 10.4. The molecule has 2 N–H and O–H groups in total. The molecule has 0 fully saturated rings. The van der Waals surface area contributed by atoms with Crippen molar-refractivity contribution in [3.05, 3.63) is 126 Å². The Morgan fingerprint density at radius 2 is 1.40 bits per heavy atom. The molecule has 4 rings (SSSR count). The van der Waals surface area contributed by atoms with Gasteiger partial charge in [0.1, 0.15) is 11.6 Å². The van der Waals surface area contributed by atoms with Crippen LogP contribution in [0.15, 0.2) is 108 Å². The zero-order valence-corrected chi connectivity index (χ0v) is 19.6. The van der Waals surface area contributed by atoms with Gasteiger partial charge in [-0.2, -0.15) is 0 Å². The van der Waals surface area contributed by atoms with E-state index in [0.717, 1.165) is 17.2 Å². The van der Waals surface area contributed by atoms with E-state index < -0.39 is 21.9 Å². The van der Waals surface area contributed by atoms with Gasteiger partial charge in [0.25, 0.3) is 15.9 Å². The van der Waals surface area contributed by atoms with E-state index >= 15 is 0 Å². The molecule has 0 saturated heterocycles. The number of benzene rings is 4. The van der Waals surface area contributed by atoms with Gasteiger partial charge in [-0.05, 0) is 59.7 Å². The van der Waals surface area contributed by atoms with Crippen molar-refractivity contribution in [1.82, 2.24) is 5.32 Å². The standard InChI is InChI=1S/C27H23FN2O4S/c1-34-22-15-11-20(12-16-22)26(19-7-3-2-4-8-19)29-27(31)21-13-17-23(18-14-21)35(32,33)30-25-10-6-5-9-24(25)28/h2-18,26,30H,1H3,(H,29,31). The molecule has 1 atom stereocenters. The minimum atomic E-state index is -4.03. The van der Waals surface area contributed by atoms with Crippen LogP contribution < -0.4 is 14.8 Å². The Hall–Kier alpha value is -4.17. The van der Waals surface area contributed by atoms with E-state index in [2.05, 4.69) is 10.0 Å². The normalized spacial score (nSPS) is 11.9. The summed E-state index contributed by atoms with van der Waals surface area (Å²) >= 11 is 0. The SMILES string of the molecule is COc1ccc(C(NC(=O)c2ccc(S(=O)(=O)Nc3ccccc3F)cc2)c2ccccc2)cc1. The lowest BCUT2D eigenvalue weighted by Crippen LogP contribution is -2.29. The van der Waals surface area contributed by atoms with Crippen LogP contribution in [0.1, 0.15) is 27.5 Å². The number of hydrogen-bond donors (Lipinski definition) is 2. The third kappa shape index (κ3) is 5.67. The van der Waals surface area contributed by atoms with Gasteiger partial charge in [-0.25, -0.2) is 12.8 Å². The highest BCUT2D eigenvalue weighted by molar-refractivity contribution is 7.92. The molecule has 0 aromatic heterocycles. The van der Waals surface area contributed by atoms with E-state index in [1.165, 1.54) is 42.5 Å². The number of amides is 1. The van der Waals surface area contributed by atoms with Crippen LogP contribution in [0.3, 0.4) is 0 Å². The first-order valence-electron chi connectivity index (χ1n) is 10.7. The highest BCUT2D eigenvalue weighted by atomic mass is 32.2. The number of carbonyl (C=O) groups excluding carboxylic acids is 1. The Morgan fingerprint density at radius 3 is 2.03 bits per heavy atom. The summed E-state index contributed by atoms with van der Waals surface area (Å²) in [5, 5.41) is 3.01. The van der Waals surface area contributed by atoms with Crippen molar-refractivity contribution in [3.8, 4) is 5.75 Å². The molecule has 8 heteroatoms. The summed E-state index contributed by atoms with van der Waals surface area (Å²) in [5.74, 6) is -0.356. The van der Waals surface area contributed by atoms with Crippen LogP contribution in [0, 0.1) is 5.82 Å². The summed E-state index contributed by atoms with van der Waals surface area (Å²) in [6.45, 7) is 0. The molecule has 0 saturated carbocycles. The van der Waals surface area contributed by atoms with Crippen molar-refractivity contribution in [2.45, 2.75) is 10.9 Å². The number of hydrogen-bond acceptors (Lipinski definition) is 4. The van der Waals surface area contributed by atoms with Crippen molar-refractivity contribution in [1.29, 1.82) is 0 Å². The summed E-state index contributed by atoms with van der Waals surface area (Å²) in [7, 11) is -2.44. The lowest BCUT2D eigenvalue weighted by molar-refractivity contribution is 0.0943. The minimum Gasteiger partial charge on any atom is -0.497 e. The lowest BCUT2D eigenvalue weighted by Gasteiger charge is -2.20. The number of rotatable bonds is 8. The van der Waals surface area contributed by atoms with Crippen molar-refractivity contribution in [2.75, 3.05) is 11.8 Å². The lowest BCUT2D eigenvalue weighted by atomic mass is 9.98. The van der Waals surface area contributed by atoms with Crippen LogP contribution in [-0.4, -0.2) is 21.4 Å². The molecule has 0 heterocycles. The van der Waals surface area contributed by atoms with Crippen molar-refractivity contribution in [2.24, 2.45) is 0 Å². The molecule has 4 aromatic rings. The molecular weight excluding hydrogens is 467 g/mol. The summed E-state index contributed by atoms with van der Waals surface area (Å²) in [5.41, 5.74) is 1.88. The summed E-state index contributed by atoms with van der Waals surface area (Å²) in [6.07, 6.45) is 0. The van der Waals surface area contributed by atoms with E-state index in [9.17, 15) is 17.6 Å².